The predicted molar refractivity (Wildman–Crippen MR) is 147 cm³/mol. The molecule has 6 nitrogen and oxygen atoms in total. The van der Waals surface area contributed by atoms with Gasteiger partial charge in [-0.05, 0) is 68.7 Å². The third kappa shape index (κ3) is 4.96. The third-order valence-corrected chi connectivity index (χ3v) is 7.08. The van der Waals surface area contributed by atoms with Crippen LogP contribution in [-0.4, -0.2) is 41.9 Å². The topological polar surface area (TPSA) is 70.1 Å². The summed E-state index contributed by atoms with van der Waals surface area (Å²) in [5.74, 6) is -1.14. The van der Waals surface area contributed by atoms with Gasteiger partial charge in [-0.15, -0.1) is 0 Å². The number of methoxy groups -OCH3 is 1. The van der Waals surface area contributed by atoms with Crippen molar-refractivity contribution < 1.29 is 19.4 Å². The molecule has 1 aliphatic heterocycles. The highest BCUT2D eigenvalue weighted by Gasteiger charge is 2.46. The first-order valence-corrected chi connectivity index (χ1v) is 12.6. The van der Waals surface area contributed by atoms with Crippen LogP contribution in [0.5, 0.6) is 5.75 Å². The van der Waals surface area contributed by atoms with Gasteiger partial charge in [0, 0.05) is 25.3 Å². The molecule has 1 heterocycles. The van der Waals surface area contributed by atoms with Gasteiger partial charge in [0.15, 0.2) is 0 Å². The number of rotatable bonds is 8. The van der Waals surface area contributed by atoms with Gasteiger partial charge in [0.1, 0.15) is 11.5 Å². The van der Waals surface area contributed by atoms with E-state index in [0.29, 0.717) is 11.3 Å². The fraction of sp³-hybridized carbons (Fsp3) is 0.290. The Morgan fingerprint density at radius 1 is 0.973 bits per heavy atom. The molecule has 37 heavy (non-hydrogen) atoms. The third-order valence-electron chi connectivity index (χ3n) is 7.08. The van der Waals surface area contributed by atoms with Crippen molar-refractivity contribution in [3.05, 3.63) is 100 Å². The Morgan fingerprint density at radius 3 is 2.30 bits per heavy atom. The van der Waals surface area contributed by atoms with Gasteiger partial charge < -0.3 is 19.6 Å². The number of Topliss-reactive ketones (excluding diaryl/α,β-unsaturated/α-hetero) is 1. The molecule has 0 radical (unpaired) electrons. The Bertz CT molecular complexity index is 1340. The zero-order valence-corrected chi connectivity index (χ0v) is 22.1. The van der Waals surface area contributed by atoms with Gasteiger partial charge in [-0.2, -0.15) is 0 Å². The number of nitrogens with zero attached hydrogens (tertiary/aromatic N) is 2. The average Bonchev–Trinajstić information content (AvgIpc) is 3.16. The number of amides is 1. The second-order valence-corrected chi connectivity index (χ2v) is 9.32. The van der Waals surface area contributed by atoms with Crippen LogP contribution in [0.15, 0.2) is 72.3 Å². The predicted octanol–water partition coefficient (Wildman–Crippen LogP) is 5.78. The molecular weight excluding hydrogens is 464 g/mol. The normalized spacial score (nSPS) is 16.8. The van der Waals surface area contributed by atoms with E-state index in [1.54, 1.807) is 29.2 Å². The first-order chi connectivity index (χ1) is 17.8. The van der Waals surface area contributed by atoms with Crippen molar-refractivity contribution in [2.75, 3.05) is 25.1 Å². The highest BCUT2D eigenvalue weighted by Crippen LogP contribution is 2.42. The van der Waals surface area contributed by atoms with Gasteiger partial charge >= 0.3 is 0 Å². The van der Waals surface area contributed by atoms with Gasteiger partial charge in [0.2, 0.25) is 0 Å². The summed E-state index contributed by atoms with van der Waals surface area (Å²) in [6, 6.07) is 20.2. The second kappa shape index (κ2) is 10.9. The number of ether oxygens (including phenoxy) is 1. The van der Waals surface area contributed by atoms with Gasteiger partial charge in [0.25, 0.3) is 11.7 Å². The molecule has 0 spiro atoms. The molecule has 0 aliphatic carbocycles. The van der Waals surface area contributed by atoms with Gasteiger partial charge in [0.05, 0.1) is 24.3 Å². The number of aryl methyl sites for hydroxylation is 2. The van der Waals surface area contributed by atoms with Crippen LogP contribution < -0.4 is 9.64 Å². The minimum atomic E-state index is -0.740. The summed E-state index contributed by atoms with van der Waals surface area (Å²) in [6.07, 6.45) is 0. The number of anilines is 1. The highest BCUT2D eigenvalue weighted by atomic mass is 16.5. The molecule has 4 rings (SSSR count). The number of benzene rings is 3. The van der Waals surface area contributed by atoms with E-state index >= 15 is 0 Å². The van der Waals surface area contributed by atoms with E-state index in [4.69, 9.17) is 4.74 Å². The summed E-state index contributed by atoms with van der Waals surface area (Å²) in [5, 5.41) is 11.4. The number of aliphatic hydroxyl groups is 1. The van der Waals surface area contributed by atoms with Crippen LogP contribution in [0.3, 0.4) is 0 Å². The van der Waals surface area contributed by atoms with E-state index in [2.05, 4.69) is 18.7 Å². The molecular formula is C31H34N2O4. The van der Waals surface area contributed by atoms with Gasteiger partial charge in [-0.25, -0.2) is 0 Å². The van der Waals surface area contributed by atoms with Crippen LogP contribution in [0, 0.1) is 13.8 Å². The first-order valence-electron chi connectivity index (χ1n) is 12.6. The molecule has 1 atom stereocenters. The molecule has 0 aromatic heterocycles. The number of likely N-dealkylation sites (tertiary alicyclic amines) is 1. The minimum Gasteiger partial charge on any atom is -0.507 e. The lowest BCUT2D eigenvalue weighted by molar-refractivity contribution is -0.140. The maximum Gasteiger partial charge on any atom is 0.295 e. The fourth-order valence-electron chi connectivity index (χ4n) is 4.99. The van der Waals surface area contributed by atoms with E-state index < -0.39 is 17.7 Å². The van der Waals surface area contributed by atoms with Gasteiger partial charge in [-0.3, -0.25) is 9.59 Å². The molecule has 0 saturated carbocycles. The Hall–Kier alpha value is -4.06. The Balaban J connectivity index is 1.88. The molecule has 1 N–H and O–H groups in total. The summed E-state index contributed by atoms with van der Waals surface area (Å²) in [7, 11) is 1.51. The van der Waals surface area contributed by atoms with E-state index in [1.807, 2.05) is 56.3 Å². The van der Waals surface area contributed by atoms with Crippen molar-refractivity contribution in [1.82, 2.24) is 4.90 Å². The molecule has 1 saturated heterocycles. The Morgan fingerprint density at radius 2 is 1.65 bits per heavy atom. The fourth-order valence-corrected chi connectivity index (χ4v) is 4.99. The van der Waals surface area contributed by atoms with Crippen molar-refractivity contribution >= 4 is 23.1 Å². The standard InChI is InChI=1S/C31H34N2O4/c1-6-32(7-2)24-16-14-22(15-17-24)28-27(29(34)25-10-8-9-11-26(25)37-5)30(35)31(36)33(28)19-23-18-20(3)12-13-21(23)4/h8-18,28,34H,6-7,19H2,1-5H3/b29-27-. The van der Waals surface area contributed by atoms with E-state index in [9.17, 15) is 14.7 Å². The number of para-hydroxylation sites is 1. The molecule has 1 amide bonds. The molecule has 1 unspecified atom stereocenters. The lowest BCUT2D eigenvalue weighted by Gasteiger charge is -2.27. The summed E-state index contributed by atoms with van der Waals surface area (Å²) >= 11 is 0. The van der Waals surface area contributed by atoms with Crippen molar-refractivity contribution in [3.63, 3.8) is 0 Å². The molecule has 3 aromatic rings. The first kappa shape index (κ1) is 26.0. The van der Waals surface area contributed by atoms with Crippen LogP contribution in [0.2, 0.25) is 0 Å². The quantitative estimate of drug-likeness (QED) is 0.242. The second-order valence-electron chi connectivity index (χ2n) is 9.32. The van der Waals surface area contributed by atoms with Crippen LogP contribution in [0.1, 0.15) is 47.7 Å². The van der Waals surface area contributed by atoms with E-state index in [-0.39, 0.29) is 17.9 Å². The monoisotopic (exact) mass is 498 g/mol. The number of carbonyl (C=O) groups is 2. The van der Waals surface area contributed by atoms with Gasteiger partial charge in [-0.1, -0.05) is 48.0 Å². The van der Waals surface area contributed by atoms with Crippen molar-refractivity contribution in [3.8, 4) is 5.75 Å². The zero-order valence-electron chi connectivity index (χ0n) is 22.1. The SMILES string of the molecule is CCN(CC)c1ccc(C2/C(=C(/O)c3ccccc3OC)C(=O)C(=O)N2Cc2cc(C)ccc2C)cc1. The van der Waals surface area contributed by atoms with E-state index in [0.717, 1.165) is 41.0 Å². The molecule has 3 aromatic carbocycles. The minimum absolute atomic E-state index is 0.0652. The van der Waals surface area contributed by atoms with Crippen LogP contribution >= 0.6 is 0 Å². The molecule has 192 valence electrons. The zero-order chi connectivity index (χ0) is 26.7. The largest absolute Gasteiger partial charge is 0.507 e. The summed E-state index contributed by atoms with van der Waals surface area (Å²) in [6.45, 7) is 10.2. The lowest BCUT2D eigenvalue weighted by atomic mass is 9.94. The molecule has 0 bridgehead atoms. The number of ketones is 1. The molecule has 6 heteroatoms. The number of hydrogen-bond donors (Lipinski definition) is 1. The maximum atomic E-state index is 13.5. The maximum absolute atomic E-state index is 13.5. The van der Waals surface area contributed by atoms with Crippen molar-refractivity contribution in [2.45, 2.75) is 40.3 Å². The van der Waals surface area contributed by atoms with Crippen LogP contribution in [0.25, 0.3) is 5.76 Å². The summed E-state index contributed by atoms with van der Waals surface area (Å²) in [5.41, 5.74) is 5.33. The van der Waals surface area contributed by atoms with Crippen molar-refractivity contribution in [1.29, 1.82) is 0 Å². The lowest BCUT2D eigenvalue weighted by Crippen LogP contribution is -2.29. The number of aliphatic hydroxyl groups excluding tert-OH is 1. The number of hydrogen-bond acceptors (Lipinski definition) is 5. The average molecular weight is 499 g/mol. The number of carbonyl (C=O) groups excluding carboxylic acids is 2. The highest BCUT2D eigenvalue weighted by molar-refractivity contribution is 6.46. The Labute approximate surface area is 218 Å². The smallest absolute Gasteiger partial charge is 0.295 e. The summed E-state index contributed by atoms with van der Waals surface area (Å²) in [4.78, 5) is 30.7. The van der Waals surface area contributed by atoms with E-state index in [1.165, 1.54) is 7.11 Å². The van der Waals surface area contributed by atoms with Crippen LogP contribution in [-0.2, 0) is 16.1 Å². The van der Waals surface area contributed by atoms with Crippen LogP contribution in [0.4, 0.5) is 5.69 Å². The summed E-state index contributed by atoms with van der Waals surface area (Å²) < 4.78 is 5.44. The Kier molecular flexibility index (Phi) is 7.67. The molecule has 1 aliphatic rings. The van der Waals surface area contributed by atoms with Crippen molar-refractivity contribution in [2.24, 2.45) is 0 Å². The molecule has 1 fully saturated rings.